The molecule has 3 aromatic heterocycles. The van der Waals surface area contributed by atoms with Gasteiger partial charge in [-0.05, 0) is 73.9 Å². The van der Waals surface area contributed by atoms with Crippen molar-refractivity contribution in [2.24, 2.45) is 0 Å². The van der Waals surface area contributed by atoms with Crippen LogP contribution < -0.4 is 0 Å². The summed E-state index contributed by atoms with van der Waals surface area (Å²) >= 11 is 0. The third-order valence-corrected chi connectivity index (χ3v) is 6.13. The predicted molar refractivity (Wildman–Crippen MR) is 132 cm³/mol. The summed E-state index contributed by atoms with van der Waals surface area (Å²) in [6, 6.07) is 18.3. The van der Waals surface area contributed by atoms with Gasteiger partial charge in [-0.2, -0.15) is 0 Å². The van der Waals surface area contributed by atoms with Crippen molar-refractivity contribution < 1.29 is 0 Å². The zero-order valence-electron chi connectivity index (χ0n) is 18.4. The Morgan fingerprint density at radius 3 is 0.848 bits per heavy atom. The molecule has 0 radical (unpaired) electrons. The molecule has 0 fully saturated rings. The molecule has 0 spiro atoms. The maximum atomic E-state index is 5.01. The van der Waals surface area contributed by atoms with Crippen molar-refractivity contribution in [1.82, 2.24) is 29.9 Å². The SMILES string of the molecule is Cc1ccc2nc3c4nc5cc(C)ccc5nc4c4nc5cc(C)ccc5nc4c3nc2c1. The number of rotatable bonds is 0. The van der Waals surface area contributed by atoms with Crippen LogP contribution in [0.15, 0.2) is 54.6 Å². The first-order valence-corrected chi connectivity index (χ1v) is 10.9. The summed E-state index contributed by atoms with van der Waals surface area (Å²) < 4.78 is 0. The molecule has 0 saturated carbocycles. The van der Waals surface area contributed by atoms with Gasteiger partial charge in [-0.25, -0.2) is 29.9 Å². The van der Waals surface area contributed by atoms with Crippen LogP contribution in [0, 0.1) is 20.8 Å². The van der Waals surface area contributed by atoms with Crippen LogP contribution >= 0.6 is 0 Å². The van der Waals surface area contributed by atoms with Crippen molar-refractivity contribution in [3.63, 3.8) is 0 Å². The van der Waals surface area contributed by atoms with Gasteiger partial charge < -0.3 is 0 Å². The number of fused-ring (bicyclic) bond motifs is 9. The first-order chi connectivity index (χ1) is 16.0. The Labute approximate surface area is 188 Å². The minimum Gasteiger partial charge on any atom is -0.242 e. The molecule has 0 aliphatic heterocycles. The summed E-state index contributed by atoms with van der Waals surface area (Å²) in [7, 11) is 0. The number of hydrogen-bond acceptors (Lipinski definition) is 6. The van der Waals surface area contributed by atoms with Crippen molar-refractivity contribution >= 4 is 66.2 Å². The van der Waals surface area contributed by atoms with Crippen LogP contribution in [0.3, 0.4) is 0 Å². The van der Waals surface area contributed by atoms with E-state index in [1.54, 1.807) is 0 Å². The van der Waals surface area contributed by atoms with Crippen LogP contribution in [0.4, 0.5) is 0 Å². The Hall–Kier alpha value is -4.32. The third-order valence-electron chi connectivity index (χ3n) is 6.13. The largest absolute Gasteiger partial charge is 0.242 e. The standard InChI is InChI=1S/C27H18N6/c1-13-4-7-16-19(10-13)31-25-22(28-16)26-24(30-18-9-6-15(3)12-21(18)32-26)27-23(25)29-17-8-5-14(2)11-20(17)33-27/h4-12H,1-3H3. The highest BCUT2D eigenvalue weighted by atomic mass is 14.9. The molecule has 0 atom stereocenters. The monoisotopic (exact) mass is 426 g/mol. The summed E-state index contributed by atoms with van der Waals surface area (Å²) in [5.74, 6) is 0. The maximum absolute atomic E-state index is 5.01. The van der Waals surface area contributed by atoms with Crippen LogP contribution in [0.1, 0.15) is 16.7 Å². The van der Waals surface area contributed by atoms with E-state index in [1.165, 1.54) is 0 Å². The van der Waals surface area contributed by atoms with Crippen LogP contribution in [0.2, 0.25) is 0 Å². The van der Waals surface area contributed by atoms with E-state index in [1.807, 2.05) is 54.6 Å². The highest BCUT2D eigenvalue weighted by Crippen LogP contribution is 2.33. The third kappa shape index (κ3) is 2.67. The zero-order chi connectivity index (χ0) is 22.3. The Balaban J connectivity index is 1.78. The number of hydrogen-bond donors (Lipinski definition) is 0. The molecule has 6 heteroatoms. The summed E-state index contributed by atoms with van der Waals surface area (Å²) in [6.45, 7) is 6.16. The van der Waals surface area contributed by atoms with E-state index in [0.717, 1.165) is 49.8 Å². The van der Waals surface area contributed by atoms with Crippen LogP contribution in [0.25, 0.3) is 66.2 Å². The molecular weight excluding hydrogens is 408 g/mol. The molecule has 0 aliphatic rings. The second-order valence-electron chi connectivity index (χ2n) is 8.74. The van der Waals surface area contributed by atoms with Crippen molar-refractivity contribution in [2.75, 3.05) is 0 Å². The Kier molecular flexibility index (Phi) is 3.52. The van der Waals surface area contributed by atoms with Gasteiger partial charge in [0.25, 0.3) is 0 Å². The summed E-state index contributed by atoms with van der Waals surface area (Å²) in [6.07, 6.45) is 0. The number of aryl methyl sites for hydroxylation is 3. The molecule has 156 valence electrons. The van der Waals surface area contributed by atoms with Crippen LogP contribution in [-0.2, 0) is 0 Å². The molecule has 0 saturated heterocycles. The molecule has 0 unspecified atom stereocenters. The van der Waals surface area contributed by atoms with E-state index < -0.39 is 0 Å². The smallest absolute Gasteiger partial charge is 0.120 e. The van der Waals surface area contributed by atoms with Crippen molar-refractivity contribution in [3.8, 4) is 0 Å². The lowest BCUT2D eigenvalue weighted by Crippen LogP contribution is -1.99. The maximum Gasteiger partial charge on any atom is 0.120 e. The minimum atomic E-state index is 0.700. The van der Waals surface area contributed by atoms with Gasteiger partial charge in [-0.15, -0.1) is 0 Å². The Morgan fingerprint density at radius 2 is 0.576 bits per heavy atom. The zero-order valence-corrected chi connectivity index (χ0v) is 18.4. The van der Waals surface area contributed by atoms with Crippen molar-refractivity contribution in [3.05, 3.63) is 71.3 Å². The van der Waals surface area contributed by atoms with E-state index in [2.05, 4.69) is 20.8 Å². The summed E-state index contributed by atoms with van der Waals surface area (Å²) in [5, 5.41) is 0. The summed E-state index contributed by atoms with van der Waals surface area (Å²) in [5.41, 5.74) is 12.6. The molecule has 0 amide bonds. The van der Waals surface area contributed by atoms with E-state index in [9.17, 15) is 0 Å². The van der Waals surface area contributed by atoms with Gasteiger partial charge in [0.2, 0.25) is 0 Å². The highest BCUT2D eigenvalue weighted by molar-refractivity contribution is 6.20. The van der Waals surface area contributed by atoms with E-state index in [0.29, 0.717) is 33.1 Å². The van der Waals surface area contributed by atoms with Gasteiger partial charge in [0.1, 0.15) is 33.1 Å². The Bertz CT molecular complexity index is 1700. The van der Waals surface area contributed by atoms with Gasteiger partial charge in [-0.3, -0.25) is 0 Å². The fourth-order valence-electron chi connectivity index (χ4n) is 4.48. The Morgan fingerprint density at radius 1 is 0.333 bits per heavy atom. The molecule has 7 rings (SSSR count). The molecule has 33 heavy (non-hydrogen) atoms. The lowest BCUT2D eigenvalue weighted by Gasteiger charge is -2.11. The lowest BCUT2D eigenvalue weighted by molar-refractivity contribution is 1.32. The van der Waals surface area contributed by atoms with E-state index in [4.69, 9.17) is 29.9 Å². The summed E-state index contributed by atoms with van der Waals surface area (Å²) in [4.78, 5) is 30.0. The van der Waals surface area contributed by atoms with Crippen LogP contribution in [0.5, 0.6) is 0 Å². The van der Waals surface area contributed by atoms with Crippen molar-refractivity contribution in [1.29, 1.82) is 0 Å². The average molecular weight is 426 g/mol. The fraction of sp³-hybridized carbons (Fsp3) is 0.111. The topological polar surface area (TPSA) is 77.3 Å². The van der Waals surface area contributed by atoms with E-state index >= 15 is 0 Å². The fourth-order valence-corrected chi connectivity index (χ4v) is 4.48. The first kappa shape index (κ1) is 18.3. The molecule has 7 aromatic rings. The average Bonchev–Trinajstić information content (AvgIpc) is 2.81. The number of aromatic nitrogens is 6. The van der Waals surface area contributed by atoms with Gasteiger partial charge in [0.05, 0.1) is 33.1 Å². The second-order valence-corrected chi connectivity index (χ2v) is 8.74. The molecule has 0 aliphatic carbocycles. The van der Waals surface area contributed by atoms with Gasteiger partial charge in [0, 0.05) is 0 Å². The number of benzene rings is 4. The van der Waals surface area contributed by atoms with Crippen molar-refractivity contribution in [2.45, 2.75) is 20.8 Å². The molecule has 0 bridgehead atoms. The lowest BCUT2D eigenvalue weighted by atomic mass is 10.1. The highest BCUT2D eigenvalue weighted by Gasteiger charge is 2.18. The first-order valence-electron chi connectivity index (χ1n) is 10.9. The predicted octanol–water partition coefficient (Wildman–Crippen LogP) is 5.90. The molecule has 3 heterocycles. The molecule has 4 aromatic carbocycles. The van der Waals surface area contributed by atoms with E-state index in [-0.39, 0.29) is 0 Å². The molecular formula is C27H18N6. The second kappa shape index (κ2) is 6.36. The van der Waals surface area contributed by atoms with Crippen LogP contribution in [-0.4, -0.2) is 29.9 Å². The quantitative estimate of drug-likeness (QED) is 0.222. The normalized spacial score (nSPS) is 12.1. The molecule has 0 N–H and O–H groups in total. The van der Waals surface area contributed by atoms with Gasteiger partial charge >= 0.3 is 0 Å². The molecule has 6 nitrogen and oxygen atoms in total. The minimum absolute atomic E-state index is 0.700. The number of nitrogens with zero attached hydrogens (tertiary/aromatic N) is 6. The van der Waals surface area contributed by atoms with Gasteiger partial charge in [-0.1, -0.05) is 18.2 Å². The van der Waals surface area contributed by atoms with Gasteiger partial charge in [0.15, 0.2) is 0 Å².